The van der Waals surface area contributed by atoms with Crippen LogP contribution in [0.25, 0.3) is 0 Å². The Morgan fingerprint density at radius 1 is 1.32 bits per heavy atom. The Kier molecular flexibility index (Phi) is 3.61. The molecule has 2 rings (SSSR count). The largest absolute Gasteiger partial charge is 0.330 e. The summed E-state index contributed by atoms with van der Waals surface area (Å²) < 4.78 is 0. The smallest absolute Gasteiger partial charge is 0.321 e. The Bertz CT molecular complexity index is 521. The number of nitrogens with one attached hydrogen (secondary N) is 3. The lowest BCUT2D eigenvalue weighted by Gasteiger charge is -2.23. The van der Waals surface area contributed by atoms with Crippen molar-refractivity contribution in [2.24, 2.45) is 0 Å². The van der Waals surface area contributed by atoms with Crippen LogP contribution < -0.4 is 16.0 Å². The number of hydrogen-bond acceptors (Lipinski definition) is 3. The molecule has 0 saturated carbocycles. The number of amides is 4. The zero-order chi connectivity index (χ0) is 13.8. The van der Waals surface area contributed by atoms with E-state index >= 15 is 0 Å². The highest BCUT2D eigenvalue weighted by molar-refractivity contribution is 5.99. The van der Waals surface area contributed by atoms with Crippen molar-refractivity contribution >= 4 is 23.5 Å². The summed E-state index contributed by atoms with van der Waals surface area (Å²) in [6.45, 7) is 3.36. The standard InChI is InChI=1S/C13H13N3O3/c1-2-11(17)14-9-5-3-8(4-6-9)10-7-12(18)16-13(19)15-10/h2-6,10H,1,7H2,(H,14,17)(H2,15,16,18,19). The quantitative estimate of drug-likeness (QED) is 0.710. The van der Waals surface area contributed by atoms with E-state index in [2.05, 4.69) is 22.5 Å². The van der Waals surface area contributed by atoms with Gasteiger partial charge in [0.15, 0.2) is 0 Å². The van der Waals surface area contributed by atoms with E-state index < -0.39 is 6.03 Å². The monoisotopic (exact) mass is 259 g/mol. The number of urea groups is 1. The van der Waals surface area contributed by atoms with Crippen molar-refractivity contribution in [3.8, 4) is 0 Å². The Morgan fingerprint density at radius 2 is 2.00 bits per heavy atom. The second kappa shape index (κ2) is 5.34. The van der Waals surface area contributed by atoms with E-state index in [0.29, 0.717) is 5.69 Å². The molecule has 4 amide bonds. The minimum atomic E-state index is -0.495. The van der Waals surface area contributed by atoms with Gasteiger partial charge in [0.25, 0.3) is 0 Å². The zero-order valence-electron chi connectivity index (χ0n) is 10.1. The predicted molar refractivity (Wildman–Crippen MR) is 69.3 cm³/mol. The minimum Gasteiger partial charge on any atom is -0.330 e. The number of imide groups is 1. The van der Waals surface area contributed by atoms with Gasteiger partial charge in [0, 0.05) is 5.69 Å². The van der Waals surface area contributed by atoms with Gasteiger partial charge in [-0.3, -0.25) is 14.9 Å². The second-order valence-electron chi connectivity index (χ2n) is 4.09. The summed E-state index contributed by atoms with van der Waals surface area (Å²) in [6, 6.07) is 6.07. The van der Waals surface area contributed by atoms with Crippen LogP contribution in [0.2, 0.25) is 0 Å². The molecule has 98 valence electrons. The first-order chi connectivity index (χ1) is 9.08. The summed E-state index contributed by atoms with van der Waals surface area (Å²) in [5.74, 6) is -0.601. The summed E-state index contributed by atoms with van der Waals surface area (Å²) in [7, 11) is 0. The zero-order valence-corrected chi connectivity index (χ0v) is 10.1. The van der Waals surface area contributed by atoms with Gasteiger partial charge in [-0.2, -0.15) is 0 Å². The topological polar surface area (TPSA) is 87.3 Å². The lowest BCUT2D eigenvalue weighted by atomic mass is 10.0. The Balaban J connectivity index is 2.09. The summed E-state index contributed by atoms with van der Waals surface area (Å²) >= 11 is 0. The fourth-order valence-electron chi connectivity index (χ4n) is 1.80. The van der Waals surface area contributed by atoms with E-state index in [1.54, 1.807) is 24.3 Å². The molecule has 1 aromatic carbocycles. The molecule has 1 unspecified atom stereocenters. The molecule has 3 N–H and O–H groups in total. The minimum absolute atomic E-state index is 0.199. The van der Waals surface area contributed by atoms with Crippen LogP contribution in [0, 0.1) is 0 Å². The number of carbonyl (C=O) groups excluding carboxylic acids is 3. The van der Waals surface area contributed by atoms with Crippen LogP contribution in [-0.4, -0.2) is 17.8 Å². The normalized spacial score (nSPS) is 18.2. The molecule has 6 nitrogen and oxygen atoms in total. The van der Waals surface area contributed by atoms with Crippen molar-refractivity contribution in [2.75, 3.05) is 5.32 Å². The van der Waals surface area contributed by atoms with Gasteiger partial charge in [0.2, 0.25) is 11.8 Å². The van der Waals surface area contributed by atoms with Gasteiger partial charge in [0.1, 0.15) is 0 Å². The fraction of sp³-hybridized carbons (Fsp3) is 0.154. The van der Waals surface area contributed by atoms with Gasteiger partial charge >= 0.3 is 6.03 Å². The first-order valence-electron chi connectivity index (χ1n) is 5.72. The molecule has 6 heteroatoms. The maximum Gasteiger partial charge on any atom is 0.321 e. The van der Waals surface area contributed by atoms with Gasteiger partial charge in [-0.05, 0) is 23.8 Å². The SMILES string of the molecule is C=CC(=O)Nc1ccc(C2CC(=O)NC(=O)N2)cc1. The van der Waals surface area contributed by atoms with Gasteiger partial charge in [-0.1, -0.05) is 18.7 Å². The van der Waals surface area contributed by atoms with Crippen LogP contribution in [0.1, 0.15) is 18.0 Å². The first kappa shape index (κ1) is 12.8. The summed E-state index contributed by atoms with van der Waals surface area (Å²) in [5, 5.41) is 7.44. The molecule has 1 aliphatic heterocycles. The molecule has 0 aliphatic carbocycles. The highest BCUT2D eigenvalue weighted by Gasteiger charge is 2.24. The maximum absolute atomic E-state index is 11.3. The highest BCUT2D eigenvalue weighted by Crippen LogP contribution is 2.21. The molecule has 19 heavy (non-hydrogen) atoms. The maximum atomic E-state index is 11.3. The van der Waals surface area contributed by atoms with E-state index in [9.17, 15) is 14.4 Å². The highest BCUT2D eigenvalue weighted by atomic mass is 16.2. The van der Waals surface area contributed by atoms with Crippen molar-refractivity contribution in [1.29, 1.82) is 0 Å². The average Bonchev–Trinajstić information content (AvgIpc) is 2.38. The van der Waals surface area contributed by atoms with Crippen molar-refractivity contribution in [2.45, 2.75) is 12.5 Å². The third kappa shape index (κ3) is 3.19. The van der Waals surface area contributed by atoms with Crippen LogP contribution in [0.4, 0.5) is 10.5 Å². The molecular formula is C13H13N3O3. The summed E-state index contributed by atoms with van der Waals surface area (Å²) in [6.07, 6.45) is 1.38. The van der Waals surface area contributed by atoms with Gasteiger partial charge in [0.05, 0.1) is 12.5 Å². The molecule has 0 radical (unpaired) electrons. The second-order valence-corrected chi connectivity index (χ2v) is 4.09. The third-order valence-corrected chi connectivity index (χ3v) is 2.71. The average molecular weight is 259 g/mol. The van der Waals surface area contributed by atoms with Crippen LogP contribution in [0.5, 0.6) is 0 Å². The van der Waals surface area contributed by atoms with E-state index in [-0.39, 0.29) is 24.3 Å². The van der Waals surface area contributed by atoms with Gasteiger partial charge in [-0.25, -0.2) is 4.79 Å². The van der Waals surface area contributed by atoms with E-state index in [4.69, 9.17) is 0 Å². The van der Waals surface area contributed by atoms with Gasteiger partial charge < -0.3 is 10.6 Å². The predicted octanol–water partition coefficient (Wildman–Crippen LogP) is 1.08. The molecule has 1 aliphatic rings. The lowest BCUT2D eigenvalue weighted by molar-refractivity contribution is -0.121. The molecule has 1 heterocycles. The van der Waals surface area contributed by atoms with E-state index in [0.717, 1.165) is 5.56 Å². The van der Waals surface area contributed by atoms with E-state index in [1.165, 1.54) is 6.08 Å². The van der Waals surface area contributed by atoms with Crippen molar-refractivity contribution < 1.29 is 14.4 Å². The molecule has 0 spiro atoms. The molecule has 0 aromatic heterocycles. The number of rotatable bonds is 3. The van der Waals surface area contributed by atoms with Crippen LogP contribution in [0.3, 0.4) is 0 Å². The molecular weight excluding hydrogens is 246 g/mol. The first-order valence-corrected chi connectivity index (χ1v) is 5.72. The fourth-order valence-corrected chi connectivity index (χ4v) is 1.80. The lowest BCUT2D eigenvalue weighted by Crippen LogP contribution is -2.48. The Morgan fingerprint density at radius 3 is 2.58 bits per heavy atom. The van der Waals surface area contributed by atoms with E-state index in [1.807, 2.05) is 0 Å². The molecule has 0 bridgehead atoms. The van der Waals surface area contributed by atoms with Crippen LogP contribution in [0.15, 0.2) is 36.9 Å². The molecule has 1 saturated heterocycles. The number of anilines is 1. The molecule has 1 aromatic rings. The van der Waals surface area contributed by atoms with Crippen LogP contribution >= 0.6 is 0 Å². The Labute approximate surface area is 109 Å². The number of carbonyl (C=O) groups is 3. The Hall–Kier alpha value is -2.63. The number of hydrogen-bond donors (Lipinski definition) is 3. The van der Waals surface area contributed by atoms with Crippen LogP contribution in [-0.2, 0) is 9.59 Å². The summed E-state index contributed by atoms with van der Waals surface area (Å²) in [4.78, 5) is 33.6. The van der Waals surface area contributed by atoms with Gasteiger partial charge in [-0.15, -0.1) is 0 Å². The molecule has 1 fully saturated rings. The molecule has 1 atom stereocenters. The summed E-state index contributed by atoms with van der Waals surface area (Å²) in [5.41, 5.74) is 1.43. The van der Waals surface area contributed by atoms with Crippen molar-refractivity contribution in [1.82, 2.24) is 10.6 Å². The third-order valence-electron chi connectivity index (χ3n) is 2.71. The van der Waals surface area contributed by atoms with Crippen molar-refractivity contribution in [3.05, 3.63) is 42.5 Å². The van der Waals surface area contributed by atoms with Crippen molar-refractivity contribution in [3.63, 3.8) is 0 Å². The number of benzene rings is 1.